The van der Waals surface area contributed by atoms with Crippen LogP contribution in [0.1, 0.15) is 32.3 Å². The van der Waals surface area contributed by atoms with Gasteiger partial charge < -0.3 is 19.5 Å². The molecule has 118 valence electrons. The zero-order valence-corrected chi connectivity index (χ0v) is 13.3. The lowest BCUT2D eigenvalue weighted by molar-refractivity contribution is -0.151. The highest BCUT2D eigenvalue weighted by Gasteiger charge is 2.42. The molecule has 1 saturated carbocycles. The summed E-state index contributed by atoms with van der Waals surface area (Å²) in [5.41, 5.74) is 1.13. The van der Waals surface area contributed by atoms with Crippen molar-refractivity contribution in [3.63, 3.8) is 0 Å². The van der Waals surface area contributed by atoms with Gasteiger partial charge in [0.2, 0.25) is 0 Å². The van der Waals surface area contributed by atoms with Crippen molar-refractivity contribution in [3.05, 3.63) is 29.8 Å². The van der Waals surface area contributed by atoms with Gasteiger partial charge in [0.1, 0.15) is 5.75 Å². The molecule has 1 aliphatic rings. The lowest BCUT2D eigenvalue weighted by Gasteiger charge is -2.44. The van der Waals surface area contributed by atoms with Gasteiger partial charge >= 0.3 is 0 Å². The normalized spacial score (nSPS) is 24.6. The molecule has 0 radical (unpaired) electrons. The third-order valence-corrected chi connectivity index (χ3v) is 3.83. The monoisotopic (exact) mass is 293 g/mol. The molecular weight excluding hydrogens is 266 g/mol. The summed E-state index contributed by atoms with van der Waals surface area (Å²) in [6.07, 6.45) is 2.42. The van der Waals surface area contributed by atoms with Crippen LogP contribution in [-0.2, 0) is 16.1 Å². The molecule has 4 nitrogen and oxygen atoms in total. The number of likely N-dealkylation sites (N-methyl/N-ethyl adjacent to an activating group) is 1. The first-order valence-corrected chi connectivity index (χ1v) is 7.88. The van der Waals surface area contributed by atoms with Crippen LogP contribution in [0.2, 0.25) is 0 Å². The van der Waals surface area contributed by atoms with Gasteiger partial charge in [0, 0.05) is 12.6 Å². The maximum atomic E-state index is 6.03. The molecule has 3 unspecified atom stereocenters. The van der Waals surface area contributed by atoms with Crippen LogP contribution in [0.5, 0.6) is 5.75 Å². The molecule has 0 aliphatic heterocycles. The Labute approximate surface area is 127 Å². The highest BCUT2D eigenvalue weighted by atomic mass is 16.5. The number of rotatable bonds is 9. The first kappa shape index (κ1) is 16.3. The third-order valence-electron chi connectivity index (χ3n) is 3.83. The molecule has 0 heterocycles. The second kappa shape index (κ2) is 8.37. The van der Waals surface area contributed by atoms with Gasteiger partial charge in [0.25, 0.3) is 0 Å². The van der Waals surface area contributed by atoms with E-state index in [0.29, 0.717) is 12.6 Å². The van der Waals surface area contributed by atoms with Crippen LogP contribution in [0.15, 0.2) is 24.3 Å². The SMILES string of the molecule is CCCOC1C(NCC)CC1OCc1cccc(OC)c1. The van der Waals surface area contributed by atoms with Crippen molar-refractivity contribution in [1.82, 2.24) is 5.32 Å². The molecule has 1 N–H and O–H groups in total. The second-order valence-corrected chi connectivity index (χ2v) is 5.44. The minimum absolute atomic E-state index is 0.176. The van der Waals surface area contributed by atoms with Gasteiger partial charge in [-0.25, -0.2) is 0 Å². The zero-order chi connectivity index (χ0) is 15.1. The van der Waals surface area contributed by atoms with Crippen molar-refractivity contribution < 1.29 is 14.2 Å². The van der Waals surface area contributed by atoms with Crippen molar-refractivity contribution >= 4 is 0 Å². The van der Waals surface area contributed by atoms with E-state index in [1.165, 1.54) is 0 Å². The second-order valence-electron chi connectivity index (χ2n) is 5.44. The Morgan fingerprint density at radius 2 is 2.10 bits per heavy atom. The number of hydrogen-bond donors (Lipinski definition) is 1. The van der Waals surface area contributed by atoms with Crippen LogP contribution < -0.4 is 10.1 Å². The molecule has 0 aromatic heterocycles. The van der Waals surface area contributed by atoms with Gasteiger partial charge in [-0.3, -0.25) is 0 Å². The van der Waals surface area contributed by atoms with Crippen LogP contribution in [0.4, 0.5) is 0 Å². The van der Waals surface area contributed by atoms with Crippen molar-refractivity contribution in [2.45, 2.75) is 51.5 Å². The summed E-state index contributed by atoms with van der Waals surface area (Å²) in [6, 6.07) is 8.44. The molecule has 1 aliphatic carbocycles. The Kier molecular flexibility index (Phi) is 6.49. The van der Waals surface area contributed by atoms with Crippen LogP contribution >= 0.6 is 0 Å². The molecule has 0 bridgehead atoms. The summed E-state index contributed by atoms with van der Waals surface area (Å²) in [7, 11) is 1.68. The average Bonchev–Trinajstić information content (AvgIpc) is 2.50. The highest BCUT2D eigenvalue weighted by molar-refractivity contribution is 5.27. The minimum Gasteiger partial charge on any atom is -0.497 e. The first-order chi connectivity index (χ1) is 10.3. The Balaban J connectivity index is 1.83. The van der Waals surface area contributed by atoms with Crippen molar-refractivity contribution in [1.29, 1.82) is 0 Å². The summed E-state index contributed by atoms with van der Waals surface area (Å²) in [5.74, 6) is 0.869. The fourth-order valence-electron chi connectivity index (χ4n) is 2.65. The van der Waals surface area contributed by atoms with E-state index in [4.69, 9.17) is 14.2 Å². The van der Waals surface area contributed by atoms with Crippen molar-refractivity contribution in [2.75, 3.05) is 20.3 Å². The maximum Gasteiger partial charge on any atom is 0.119 e. The van der Waals surface area contributed by atoms with Crippen molar-refractivity contribution in [2.24, 2.45) is 0 Å². The molecule has 3 atom stereocenters. The molecule has 0 spiro atoms. The Morgan fingerprint density at radius 3 is 2.81 bits per heavy atom. The van der Waals surface area contributed by atoms with E-state index >= 15 is 0 Å². The molecule has 1 aromatic carbocycles. The van der Waals surface area contributed by atoms with Crippen LogP contribution in [0.3, 0.4) is 0 Å². The van der Waals surface area contributed by atoms with E-state index in [1.54, 1.807) is 7.11 Å². The number of ether oxygens (including phenoxy) is 3. The number of methoxy groups -OCH3 is 1. The highest BCUT2D eigenvalue weighted by Crippen LogP contribution is 2.28. The van der Waals surface area contributed by atoms with Crippen LogP contribution in [0.25, 0.3) is 0 Å². The fourth-order valence-corrected chi connectivity index (χ4v) is 2.65. The standard InChI is InChI=1S/C17H27NO3/c1-4-9-20-17-15(18-5-2)11-16(17)21-12-13-7-6-8-14(10-13)19-3/h6-8,10,15-18H,4-5,9,11-12H2,1-3H3. The molecule has 2 rings (SSSR count). The minimum atomic E-state index is 0.176. The summed E-state index contributed by atoms with van der Waals surface area (Å²) in [6.45, 7) is 6.63. The van der Waals surface area contributed by atoms with Gasteiger partial charge in [-0.1, -0.05) is 26.0 Å². The summed E-state index contributed by atoms with van der Waals surface area (Å²) in [5, 5.41) is 3.46. The van der Waals surface area contributed by atoms with E-state index in [1.807, 2.05) is 18.2 Å². The van der Waals surface area contributed by atoms with Crippen LogP contribution in [-0.4, -0.2) is 38.5 Å². The molecular formula is C17H27NO3. The van der Waals surface area contributed by atoms with E-state index in [-0.39, 0.29) is 12.2 Å². The van der Waals surface area contributed by atoms with Gasteiger partial charge in [-0.2, -0.15) is 0 Å². The zero-order valence-electron chi connectivity index (χ0n) is 13.3. The Hall–Kier alpha value is -1.10. The number of hydrogen-bond acceptors (Lipinski definition) is 4. The summed E-state index contributed by atoms with van der Waals surface area (Å²) in [4.78, 5) is 0. The smallest absolute Gasteiger partial charge is 0.119 e. The molecule has 4 heteroatoms. The van der Waals surface area contributed by atoms with Crippen molar-refractivity contribution in [3.8, 4) is 5.75 Å². The Morgan fingerprint density at radius 1 is 1.24 bits per heavy atom. The van der Waals surface area contributed by atoms with Crippen LogP contribution in [0, 0.1) is 0 Å². The van der Waals surface area contributed by atoms with E-state index < -0.39 is 0 Å². The van der Waals surface area contributed by atoms with Gasteiger partial charge in [0.05, 0.1) is 25.9 Å². The lowest BCUT2D eigenvalue weighted by Crippen LogP contribution is -2.60. The summed E-state index contributed by atoms with van der Waals surface area (Å²) < 4.78 is 17.2. The molecule has 21 heavy (non-hydrogen) atoms. The third kappa shape index (κ3) is 4.43. The maximum absolute atomic E-state index is 6.03. The molecule has 1 fully saturated rings. The van der Waals surface area contributed by atoms with Gasteiger partial charge in [-0.15, -0.1) is 0 Å². The van der Waals surface area contributed by atoms with Gasteiger partial charge in [-0.05, 0) is 37.1 Å². The largest absolute Gasteiger partial charge is 0.497 e. The number of nitrogens with one attached hydrogen (secondary N) is 1. The quantitative estimate of drug-likeness (QED) is 0.760. The fraction of sp³-hybridized carbons (Fsp3) is 0.647. The topological polar surface area (TPSA) is 39.7 Å². The predicted octanol–water partition coefficient (Wildman–Crippen LogP) is 2.76. The predicted molar refractivity (Wildman–Crippen MR) is 83.7 cm³/mol. The van der Waals surface area contributed by atoms with E-state index in [0.717, 1.165) is 37.3 Å². The number of benzene rings is 1. The van der Waals surface area contributed by atoms with E-state index in [2.05, 4.69) is 25.2 Å². The molecule has 0 amide bonds. The van der Waals surface area contributed by atoms with Gasteiger partial charge in [0.15, 0.2) is 0 Å². The first-order valence-electron chi connectivity index (χ1n) is 7.88. The molecule has 0 saturated heterocycles. The van der Waals surface area contributed by atoms with E-state index in [9.17, 15) is 0 Å². The molecule has 1 aromatic rings. The Bertz CT molecular complexity index is 424. The average molecular weight is 293 g/mol. The lowest BCUT2D eigenvalue weighted by atomic mass is 9.85. The summed E-state index contributed by atoms with van der Waals surface area (Å²) >= 11 is 0.